The van der Waals surface area contributed by atoms with E-state index in [1.165, 1.54) is 5.56 Å². The molecule has 1 fully saturated rings. The summed E-state index contributed by atoms with van der Waals surface area (Å²) in [5.74, 6) is 1.92. The van der Waals surface area contributed by atoms with Gasteiger partial charge in [-0.1, -0.05) is 17.7 Å². The molecule has 3 aromatic rings. The van der Waals surface area contributed by atoms with E-state index in [9.17, 15) is 4.79 Å². The van der Waals surface area contributed by atoms with Crippen molar-refractivity contribution in [3.63, 3.8) is 0 Å². The first-order valence-corrected chi connectivity index (χ1v) is 9.67. The highest BCUT2D eigenvalue weighted by molar-refractivity contribution is 5.94. The summed E-state index contributed by atoms with van der Waals surface area (Å²) in [7, 11) is 1.61. The number of carbonyl (C=O) groups excluding carboxylic acids is 1. The van der Waals surface area contributed by atoms with E-state index in [1.54, 1.807) is 19.2 Å². The van der Waals surface area contributed by atoms with Crippen LogP contribution in [0.5, 0.6) is 5.75 Å². The average molecular weight is 392 g/mol. The molecule has 1 amide bonds. The van der Waals surface area contributed by atoms with E-state index in [0.29, 0.717) is 37.0 Å². The van der Waals surface area contributed by atoms with Crippen LogP contribution in [0.2, 0.25) is 0 Å². The molecule has 29 heavy (non-hydrogen) atoms. The topological polar surface area (TPSA) is 71.7 Å². The molecule has 0 radical (unpaired) electrons. The number of rotatable bonds is 5. The molecule has 0 atom stereocenters. The van der Waals surface area contributed by atoms with E-state index >= 15 is 0 Å². The van der Waals surface area contributed by atoms with Crippen molar-refractivity contribution < 1.29 is 13.9 Å². The number of piperazine rings is 1. The van der Waals surface area contributed by atoms with Crippen LogP contribution in [0, 0.1) is 6.92 Å². The molecule has 2 aromatic carbocycles. The lowest BCUT2D eigenvalue weighted by atomic mass is 10.1. The Morgan fingerprint density at radius 1 is 1.00 bits per heavy atom. The molecular formula is C22H24N4O3. The van der Waals surface area contributed by atoms with Crippen LogP contribution in [0.3, 0.4) is 0 Å². The molecule has 150 valence electrons. The second-order valence-corrected chi connectivity index (χ2v) is 7.16. The Hall–Kier alpha value is -3.19. The second kappa shape index (κ2) is 8.45. The van der Waals surface area contributed by atoms with Crippen molar-refractivity contribution in [1.29, 1.82) is 0 Å². The molecule has 0 bridgehead atoms. The van der Waals surface area contributed by atoms with Crippen molar-refractivity contribution in [3.8, 4) is 17.2 Å². The van der Waals surface area contributed by atoms with Gasteiger partial charge in [0.1, 0.15) is 5.75 Å². The summed E-state index contributed by atoms with van der Waals surface area (Å²) in [6.07, 6.45) is 0. The van der Waals surface area contributed by atoms with Crippen LogP contribution in [-0.2, 0) is 6.54 Å². The van der Waals surface area contributed by atoms with Crippen LogP contribution < -0.4 is 4.74 Å². The second-order valence-electron chi connectivity index (χ2n) is 7.16. The van der Waals surface area contributed by atoms with E-state index in [0.717, 1.165) is 24.4 Å². The molecule has 2 heterocycles. The van der Waals surface area contributed by atoms with Crippen molar-refractivity contribution in [3.05, 3.63) is 65.5 Å². The van der Waals surface area contributed by atoms with Gasteiger partial charge in [0.15, 0.2) is 0 Å². The van der Waals surface area contributed by atoms with Gasteiger partial charge in [-0.15, -0.1) is 10.2 Å². The Bertz CT molecular complexity index is 958. The molecule has 0 N–H and O–H groups in total. The van der Waals surface area contributed by atoms with Gasteiger partial charge < -0.3 is 14.1 Å². The minimum absolute atomic E-state index is 0.0479. The third-order valence-corrected chi connectivity index (χ3v) is 5.12. The zero-order valence-corrected chi connectivity index (χ0v) is 16.7. The van der Waals surface area contributed by atoms with Crippen molar-refractivity contribution in [2.75, 3.05) is 33.3 Å². The Morgan fingerprint density at radius 2 is 1.69 bits per heavy atom. The molecule has 4 rings (SSSR count). The molecule has 0 aliphatic carbocycles. The fourth-order valence-corrected chi connectivity index (χ4v) is 3.35. The Balaban J connectivity index is 1.32. The van der Waals surface area contributed by atoms with Crippen LogP contribution in [0.4, 0.5) is 0 Å². The van der Waals surface area contributed by atoms with E-state index in [1.807, 2.05) is 48.2 Å². The Labute approximate surface area is 169 Å². The normalized spacial score (nSPS) is 14.8. The van der Waals surface area contributed by atoms with E-state index in [4.69, 9.17) is 9.15 Å². The molecule has 0 spiro atoms. The van der Waals surface area contributed by atoms with E-state index in [-0.39, 0.29) is 5.91 Å². The number of hydrogen-bond acceptors (Lipinski definition) is 6. The van der Waals surface area contributed by atoms with Gasteiger partial charge in [-0.25, -0.2) is 0 Å². The molecule has 0 unspecified atom stereocenters. The van der Waals surface area contributed by atoms with Gasteiger partial charge in [0, 0.05) is 37.3 Å². The molecule has 1 aliphatic heterocycles. The Morgan fingerprint density at radius 3 is 2.34 bits per heavy atom. The highest BCUT2D eigenvalue weighted by Gasteiger charge is 2.23. The highest BCUT2D eigenvalue weighted by Crippen LogP contribution is 2.19. The molecule has 7 nitrogen and oxygen atoms in total. The maximum absolute atomic E-state index is 12.7. The molecule has 7 heteroatoms. The number of hydrogen-bond donors (Lipinski definition) is 0. The van der Waals surface area contributed by atoms with Crippen LogP contribution in [-0.4, -0.2) is 59.2 Å². The third kappa shape index (κ3) is 4.46. The number of nitrogens with zero attached hydrogens (tertiary/aromatic N) is 4. The van der Waals surface area contributed by atoms with Crippen LogP contribution >= 0.6 is 0 Å². The molecule has 1 aliphatic rings. The van der Waals surface area contributed by atoms with Crippen LogP contribution in [0.1, 0.15) is 21.8 Å². The van der Waals surface area contributed by atoms with Gasteiger partial charge in [-0.2, -0.15) is 0 Å². The summed E-state index contributed by atoms with van der Waals surface area (Å²) >= 11 is 0. The summed E-state index contributed by atoms with van der Waals surface area (Å²) in [5, 5.41) is 8.34. The largest absolute Gasteiger partial charge is 0.497 e. The zero-order valence-electron chi connectivity index (χ0n) is 16.7. The maximum Gasteiger partial charge on any atom is 0.253 e. The predicted molar refractivity (Wildman–Crippen MR) is 109 cm³/mol. The molecule has 1 saturated heterocycles. The van der Waals surface area contributed by atoms with Gasteiger partial charge >= 0.3 is 0 Å². The predicted octanol–water partition coefficient (Wildman–Crippen LogP) is 3.01. The van der Waals surface area contributed by atoms with Crippen molar-refractivity contribution >= 4 is 5.91 Å². The van der Waals surface area contributed by atoms with Gasteiger partial charge in [0.05, 0.1) is 13.7 Å². The summed E-state index contributed by atoms with van der Waals surface area (Å²) in [5.41, 5.74) is 2.79. The first-order valence-electron chi connectivity index (χ1n) is 9.67. The number of carbonyl (C=O) groups is 1. The molecular weight excluding hydrogens is 368 g/mol. The fourth-order valence-electron chi connectivity index (χ4n) is 3.35. The fraction of sp³-hybridized carbons (Fsp3) is 0.318. The lowest BCUT2D eigenvalue weighted by molar-refractivity contribution is 0.0618. The monoisotopic (exact) mass is 392 g/mol. The number of ether oxygens (including phenoxy) is 1. The smallest absolute Gasteiger partial charge is 0.253 e. The number of aryl methyl sites for hydroxylation is 1. The standard InChI is InChI=1S/C22H24N4O3/c1-16-3-5-17(6-4-16)21-24-23-20(29-21)15-25-11-13-26(14-12-25)22(27)18-7-9-19(28-2)10-8-18/h3-10H,11-15H2,1-2H3. The first kappa shape index (κ1) is 19.1. The number of methoxy groups -OCH3 is 1. The van der Waals surface area contributed by atoms with Gasteiger partial charge in [0.2, 0.25) is 11.8 Å². The number of benzene rings is 2. The maximum atomic E-state index is 12.7. The van der Waals surface area contributed by atoms with Crippen LogP contribution in [0.15, 0.2) is 52.9 Å². The van der Waals surface area contributed by atoms with Crippen molar-refractivity contribution in [1.82, 2.24) is 20.0 Å². The summed E-state index contributed by atoms with van der Waals surface area (Å²) < 4.78 is 11.0. The van der Waals surface area contributed by atoms with Crippen molar-refractivity contribution in [2.24, 2.45) is 0 Å². The average Bonchev–Trinajstić information content (AvgIpc) is 3.23. The van der Waals surface area contributed by atoms with Crippen molar-refractivity contribution in [2.45, 2.75) is 13.5 Å². The Kier molecular flexibility index (Phi) is 5.57. The lowest BCUT2D eigenvalue weighted by Crippen LogP contribution is -2.48. The summed E-state index contributed by atoms with van der Waals surface area (Å²) in [6.45, 7) is 5.51. The molecule has 1 aromatic heterocycles. The minimum atomic E-state index is 0.0479. The van der Waals surface area contributed by atoms with Gasteiger partial charge in [0.25, 0.3) is 5.91 Å². The lowest BCUT2D eigenvalue weighted by Gasteiger charge is -2.34. The zero-order chi connectivity index (χ0) is 20.2. The molecule has 0 saturated carbocycles. The third-order valence-electron chi connectivity index (χ3n) is 5.12. The van der Waals surface area contributed by atoms with E-state index in [2.05, 4.69) is 15.1 Å². The van der Waals surface area contributed by atoms with Gasteiger partial charge in [-0.3, -0.25) is 9.69 Å². The number of aromatic nitrogens is 2. The summed E-state index contributed by atoms with van der Waals surface area (Å²) in [4.78, 5) is 16.8. The van der Waals surface area contributed by atoms with Crippen LogP contribution in [0.25, 0.3) is 11.5 Å². The number of amides is 1. The first-order chi connectivity index (χ1) is 14.1. The summed E-state index contributed by atoms with van der Waals surface area (Å²) in [6, 6.07) is 15.2. The minimum Gasteiger partial charge on any atom is -0.497 e. The SMILES string of the molecule is COc1ccc(C(=O)N2CCN(Cc3nnc(-c4ccc(C)cc4)o3)CC2)cc1. The quantitative estimate of drug-likeness (QED) is 0.665. The van der Waals surface area contributed by atoms with E-state index < -0.39 is 0 Å². The van der Waals surface area contributed by atoms with Gasteiger partial charge in [-0.05, 0) is 43.3 Å². The highest BCUT2D eigenvalue weighted by atomic mass is 16.5.